The number of benzene rings is 4. The van der Waals surface area contributed by atoms with E-state index in [1.54, 1.807) is 0 Å². The Hall–Kier alpha value is -3.21. The van der Waals surface area contributed by atoms with Gasteiger partial charge < -0.3 is 0 Å². The number of rotatable bonds is 4. The summed E-state index contributed by atoms with van der Waals surface area (Å²) in [4.78, 5) is 0. The topological polar surface area (TPSA) is 0 Å². The van der Waals surface area contributed by atoms with Crippen LogP contribution in [-0.4, -0.2) is 5.66 Å². The second-order valence-electron chi connectivity index (χ2n) is 7.54. The Kier molecular flexibility index (Phi) is 5.18. The van der Waals surface area contributed by atoms with E-state index >= 15 is 0 Å². The summed E-state index contributed by atoms with van der Waals surface area (Å²) in [6, 6.07) is 38.8. The molecule has 0 saturated heterocycles. The van der Waals surface area contributed by atoms with Gasteiger partial charge in [0.2, 0.25) is 0 Å². The Morgan fingerprint density at radius 3 is 1.47 bits per heavy atom. The highest BCUT2D eigenvalue weighted by Gasteiger charge is 2.23. The fraction of sp³-hybridized carbons (Fsp3) is 0.0345. The molecule has 0 amide bonds. The maximum absolute atomic E-state index is 3.02. The molecule has 1 heteroatoms. The predicted molar refractivity (Wildman–Crippen MR) is 133 cm³/mol. The summed E-state index contributed by atoms with van der Waals surface area (Å²) in [6.07, 6.45) is 4.58. The van der Waals surface area contributed by atoms with Gasteiger partial charge in [0, 0.05) is 5.66 Å². The van der Waals surface area contributed by atoms with Crippen LogP contribution in [0.2, 0.25) is 0 Å². The standard InChI is InChI=1S/C29H23P/c30-28-20-19-27(25-17-9-7-15-23(25)21-11-3-1-4-12-21)29(28)26-18-10-8-16-24(26)22-13-5-2-6-14-22/h1-20,28H,30H2. The van der Waals surface area contributed by atoms with Crippen LogP contribution in [0.25, 0.3) is 33.4 Å². The van der Waals surface area contributed by atoms with Crippen LogP contribution in [-0.2, 0) is 0 Å². The van der Waals surface area contributed by atoms with Gasteiger partial charge in [0.05, 0.1) is 0 Å². The Balaban J connectivity index is 1.73. The molecule has 0 heterocycles. The zero-order valence-corrected chi connectivity index (χ0v) is 17.9. The highest BCUT2D eigenvalue weighted by atomic mass is 31.0. The summed E-state index contributed by atoms with van der Waals surface area (Å²) in [6.45, 7) is 0. The van der Waals surface area contributed by atoms with Crippen LogP contribution in [0, 0.1) is 0 Å². The Morgan fingerprint density at radius 2 is 0.900 bits per heavy atom. The molecule has 0 aromatic heterocycles. The molecule has 4 aromatic carbocycles. The van der Waals surface area contributed by atoms with Crippen molar-refractivity contribution in [2.75, 3.05) is 0 Å². The monoisotopic (exact) mass is 402 g/mol. The van der Waals surface area contributed by atoms with Crippen molar-refractivity contribution in [1.82, 2.24) is 0 Å². The lowest BCUT2D eigenvalue weighted by molar-refractivity contribution is 1.44. The van der Waals surface area contributed by atoms with E-state index < -0.39 is 0 Å². The summed E-state index contributed by atoms with van der Waals surface area (Å²) in [5, 5.41) is 0. The van der Waals surface area contributed by atoms with Crippen LogP contribution in [0.5, 0.6) is 0 Å². The van der Waals surface area contributed by atoms with E-state index in [4.69, 9.17) is 0 Å². The lowest BCUT2D eigenvalue weighted by Crippen LogP contribution is -1.99. The lowest BCUT2D eigenvalue weighted by atomic mass is 9.88. The molecule has 0 radical (unpaired) electrons. The highest BCUT2D eigenvalue weighted by molar-refractivity contribution is 7.19. The molecular formula is C29H23P. The molecule has 0 nitrogen and oxygen atoms in total. The maximum Gasteiger partial charge on any atom is 0.0179 e. The van der Waals surface area contributed by atoms with Gasteiger partial charge in [0.1, 0.15) is 0 Å². The molecule has 4 aromatic rings. The minimum atomic E-state index is 0.286. The maximum atomic E-state index is 3.02. The summed E-state index contributed by atoms with van der Waals surface area (Å²) in [5.41, 5.74) is 10.6. The van der Waals surface area contributed by atoms with Gasteiger partial charge in [-0.1, -0.05) is 121 Å². The third kappa shape index (κ3) is 3.45. The molecule has 5 rings (SSSR count). The molecule has 1 aliphatic carbocycles. The molecule has 0 fully saturated rings. The minimum absolute atomic E-state index is 0.286. The van der Waals surface area contributed by atoms with Gasteiger partial charge in [0.15, 0.2) is 0 Å². The Bertz CT molecular complexity index is 1230. The second kappa shape index (κ2) is 8.27. The van der Waals surface area contributed by atoms with Crippen LogP contribution in [0.1, 0.15) is 11.1 Å². The molecule has 0 N–H and O–H groups in total. The first-order valence-corrected chi connectivity index (χ1v) is 11.0. The van der Waals surface area contributed by atoms with E-state index in [1.807, 2.05) is 0 Å². The van der Waals surface area contributed by atoms with Crippen LogP contribution in [0.4, 0.5) is 0 Å². The van der Waals surface area contributed by atoms with Crippen molar-refractivity contribution in [3.05, 3.63) is 132 Å². The van der Waals surface area contributed by atoms with Gasteiger partial charge in [-0.15, -0.1) is 9.24 Å². The normalized spacial score (nSPS) is 15.6. The first-order chi connectivity index (χ1) is 14.8. The van der Waals surface area contributed by atoms with Crippen molar-refractivity contribution >= 4 is 20.4 Å². The van der Waals surface area contributed by atoms with Crippen LogP contribution in [0.15, 0.2) is 121 Å². The van der Waals surface area contributed by atoms with E-state index in [-0.39, 0.29) is 5.66 Å². The molecule has 1 aliphatic rings. The van der Waals surface area contributed by atoms with Gasteiger partial charge in [-0.05, 0) is 44.5 Å². The van der Waals surface area contributed by atoms with Crippen molar-refractivity contribution in [2.45, 2.75) is 5.66 Å². The van der Waals surface area contributed by atoms with E-state index in [0.29, 0.717) is 0 Å². The Labute approximate surface area is 180 Å². The molecule has 2 atom stereocenters. The molecule has 0 saturated carbocycles. The molecule has 0 bridgehead atoms. The summed E-state index contributed by atoms with van der Waals surface area (Å²) in [5.74, 6) is 0. The summed E-state index contributed by atoms with van der Waals surface area (Å²) < 4.78 is 0. The largest absolute Gasteiger partial charge is 0.126 e. The first kappa shape index (κ1) is 18.8. The third-order valence-electron chi connectivity index (χ3n) is 5.70. The number of allylic oxidation sites excluding steroid dienone is 4. The number of hydrogen-bond acceptors (Lipinski definition) is 0. The van der Waals surface area contributed by atoms with Crippen LogP contribution in [0.3, 0.4) is 0 Å². The molecule has 144 valence electrons. The summed E-state index contributed by atoms with van der Waals surface area (Å²) >= 11 is 0. The van der Waals surface area contributed by atoms with Crippen molar-refractivity contribution in [3.8, 4) is 22.3 Å². The summed E-state index contributed by atoms with van der Waals surface area (Å²) in [7, 11) is 3.02. The van der Waals surface area contributed by atoms with Crippen molar-refractivity contribution in [2.24, 2.45) is 0 Å². The van der Waals surface area contributed by atoms with Crippen molar-refractivity contribution in [1.29, 1.82) is 0 Å². The lowest BCUT2D eigenvalue weighted by Gasteiger charge is -2.18. The zero-order chi connectivity index (χ0) is 20.3. The molecular weight excluding hydrogens is 379 g/mol. The Morgan fingerprint density at radius 1 is 0.467 bits per heavy atom. The quantitative estimate of drug-likeness (QED) is 0.306. The van der Waals surface area contributed by atoms with Gasteiger partial charge in [-0.2, -0.15) is 0 Å². The SMILES string of the molecule is PC1C=CC(c2ccccc2-c2ccccc2)=C1c1ccccc1-c1ccccc1. The van der Waals surface area contributed by atoms with Crippen molar-refractivity contribution < 1.29 is 0 Å². The fourth-order valence-corrected chi connectivity index (χ4v) is 4.77. The zero-order valence-electron chi connectivity index (χ0n) is 16.7. The van der Waals surface area contributed by atoms with E-state index in [0.717, 1.165) is 0 Å². The van der Waals surface area contributed by atoms with Gasteiger partial charge in [-0.25, -0.2) is 0 Å². The van der Waals surface area contributed by atoms with E-state index in [9.17, 15) is 0 Å². The predicted octanol–water partition coefficient (Wildman–Crippen LogP) is 7.74. The smallest absolute Gasteiger partial charge is 0.0179 e. The first-order valence-electron chi connectivity index (χ1n) is 10.3. The molecule has 0 spiro atoms. The fourth-order valence-electron chi connectivity index (χ4n) is 4.30. The van der Waals surface area contributed by atoms with Crippen LogP contribution >= 0.6 is 9.24 Å². The van der Waals surface area contributed by atoms with Crippen LogP contribution < -0.4 is 0 Å². The highest BCUT2D eigenvalue weighted by Crippen LogP contribution is 2.44. The van der Waals surface area contributed by atoms with Crippen molar-refractivity contribution in [3.63, 3.8) is 0 Å². The van der Waals surface area contributed by atoms with Gasteiger partial charge in [0.25, 0.3) is 0 Å². The third-order valence-corrected chi connectivity index (χ3v) is 6.25. The molecule has 30 heavy (non-hydrogen) atoms. The second-order valence-corrected chi connectivity index (χ2v) is 8.25. The average molecular weight is 402 g/mol. The average Bonchev–Trinajstić information content (AvgIpc) is 3.21. The van der Waals surface area contributed by atoms with Gasteiger partial charge >= 0.3 is 0 Å². The minimum Gasteiger partial charge on any atom is -0.126 e. The molecule has 0 aliphatic heterocycles. The van der Waals surface area contributed by atoms with E-state index in [1.165, 1.54) is 44.5 Å². The molecule has 2 unspecified atom stereocenters. The van der Waals surface area contributed by atoms with Gasteiger partial charge in [-0.3, -0.25) is 0 Å². The number of hydrogen-bond donors (Lipinski definition) is 0. The van der Waals surface area contributed by atoms with E-state index in [2.05, 4.69) is 131 Å².